The van der Waals surface area contributed by atoms with E-state index in [0.717, 1.165) is 27.4 Å². The minimum atomic E-state index is -0.234. The molecule has 0 spiro atoms. The monoisotopic (exact) mass is 355 g/mol. The fraction of sp³-hybridized carbons (Fsp3) is 0.312. The van der Waals surface area contributed by atoms with Gasteiger partial charge in [0.2, 0.25) is 4.96 Å². The van der Waals surface area contributed by atoms with Crippen LogP contribution in [0.2, 0.25) is 0 Å². The number of imidazole rings is 1. The summed E-state index contributed by atoms with van der Waals surface area (Å²) in [5, 5.41) is 12.4. The topological polar surface area (TPSA) is 90.0 Å². The molecule has 0 fully saturated rings. The number of rotatable bonds is 3. The van der Waals surface area contributed by atoms with Crippen LogP contribution in [0.15, 0.2) is 17.8 Å². The van der Waals surface area contributed by atoms with E-state index in [4.69, 9.17) is 0 Å². The molecule has 4 aromatic heterocycles. The van der Waals surface area contributed by atoms with Gasteiger partial charge in [-0.1, -0.05) is 11.3 Å². The molecule has 1 N–H and O–H groups in total. The molecule has 1 amide bonds. The minimum absolute atomic E-state index is 0.164. The predicted molar refractivity (Wildman–Crippen MR) is 94.7 cm³/mol. The highest BCUT2D eigenvalue weighted by atomic mass is 32.1. The van der Waals surface area contributed by atoms with Crippen LogP contribution in [0.5, 0.6) is 0 Å². The van der Waals surface area contributed by atoms with E-state index in [1.165, 1.54) is 11.3 Å². The van der Waals surface area contributed by atoms with Gasteiger partial charge in [0.25, 0.3) is 5.91 Å². The third kappa shape index (κ3) is 2.56. The molecule has 4 aromatic rings. The second-order valence-electron chi connectivity index (χ2n) is 6.05. The second-order valence-corrected chi connectivity index (χ2v) is 6.86. The van der Waals surface area contributed by atoms with Crippen LogP contribution in [0.4, 0.5) is 0 Å². The Morgan fingerprint density at radius 2 is 2.12 bits per heavy atom. The Morgan fingerprint density at radius 3 is 2.88 bits per heavy atom. The van der Waals surface area contributed by atoms with Gasteiger partial charge in [-0.15, -0.1) is 0 Å². The Hall–Kier alpha value is -2.81. The molecule has 128 valence electrons. The summed E-state index contributed by atoms with van der Waals surface area (Å²) in [4.78, 5) is 22.7. The molecule has 0 aliphatic heterocycles. The summed E-state index contributed by atoms with van der Waals surface area (Å²) in [5.74, 6) is -0.164. The molecule has 1 atom stereocenters. The minimum Gasteiger partial charge on any atom is -0.344 e. The quantitative estimate of drug-likeness (QED) is 0.608. The third-order valence-electron chi connectivity index (χ3n) is 4.14. The summed E-state index contributed by atoms with van der Waals surface area (Å²) in [5.41, 5.74) is 5.37. The van der Waals surface area contributed by atoms with E-state index >= 15 is 0 Å². The highest BCUT2D eigenvalue weighted by molar-refractivity contribution is 7.14. The van der Waals surface area contributed by atoms with E-state index < -0.39 is 0 Å². The maximum atomic E-state index is 12.9. The van der Waals surface area contributed by atoms with Crippen LogP contribution < -0.4 is 5.32 Å². The molecule has 0 aliphatic rings. The molecule has 0 aromatic carbocycles. The Labute approximate surface area is 147 Å². The molecule has 4 rings (SSSR count). The maximum Gasteiger partial charge on any atom is 0.252 e. The molecule has 8 nitrogen and oxygen atoms in total. The summed E-state index contributed by atoms with van der Waals surface area (Å²) >= 11 is 1.46. The molecule has 0 saturated carbocycles. The van der Waals surface area contributed by atoms with E-state index in [2.05, 4.69) is 25.5 Å². The zero-order chi connectivity index (χ0) is 17.7. The Bertz CT molecular complexity index is 1080. The normalized spacial score (nSPS) is 12.8. The Kier molecular flexibility index (Phi) is 3.53. The molecular formula is C16H17N7OS. The molecule has 0 saturated heterocycles. The number of pyridine rings is 1. The molecule has 0 bridgehead atoms. The number of carbonyl (C=O) groups excluding carboxylic acids is 1. The average molecular weight is 355 g/mol. The van der Waals surface area contributed by atoms with Gasteiger partial charge in [-0.25, -0.2) is 14.5 Å². The standard InChI is InChI=1S/C16H17N7OS/c1-8-5-11(13-10(3)21-22(4)14(13)18-8)15(24)19-9(2)12-6-23-16(20-12)25-7-17-23/h5-7,9H,1-4H3,(H,19,24). The SMILES string of the molecule is Cc1cc(C(=O)NC(C)c2cn3ncsc3n2)c2c(C)nn(C)c2n1. The van der Waals surface area contributed by atoms with Crippen molar-refractivity contribution in [2.75, 3.05) is 0 Å². The number of aromatic nitrogens is 6. The molecule has 9 heteroatoms. The molecule has 25 heavy (non-hydrogen) atoms. The lowest BCUT2D eigenvalue weighted by atomic mass is 10.1. The van der Waals surface area contributed by atoms with Crippen molar-refractivity contribution in [3.8, 4) is 0 Å². The molecule has 1 unspecified atom stereocenters. The van der Waals surface area contributed by atoms with Gasteiger partial charge in [0.1, 0.15) is 5.51 Å². The molecular weight excluding hydrogens is 338 g/mol. The van der Waals surface area contributed by atoms with Crippen LogP contribution in [0, 0.1) is 13.8 Å². The van der Waals surface area contributed by atoms with Gasteiger partial charge < -0.3 is 5.32 Å². The van der Waals surface area contributed by atoms with Gasteiger partial charge in [-0.2, -0.15) is 10.2 Å². The van der Waals surface area contributed by atoms with Crippen LogP contribution in [-0.2, 0) is 7.05 Å². The van der Waals surface area contributed by atoms with Gasteiger partial charge in [0, 0.05) is 12.7 Å². The van der Waals surface area contributed by atoms with Crippen LogP contribution in [0.25, 0.3) is 16.0 Å². The van der Waals surface area contributed by atoms with E-state index in [9.17, 15) is 4.79 Å². The maximum absolute atomic E-state index is 12.9. The van der Waals surface area contributed by atoms with Crippen molar-refractivity contribution >= 4 is 33.2 Å². The molecule has 4 heterocycles. The highest BCUT2D eigenvalue weighted by Gasteiger charge is 2.20. The van der Waals surface area contributed by atoms with Crippen molar-refractivity contribution in [1.29, 1.82) is 0 Å². The third-order valence-corrected chi connectivity index (χ3v) is 4.83. The van der Waals surface area contributed by atoms with Gasteiger partial charge in [-0.3, -0.25) is 9.48 Å². The van der Waals surface area contributed by atoms with Crippen molar-refractivity contribution in [3.63, 3.8) is 0 Å². The van der Waals surface area contributed by atoms with Crippen molar-refractivity contribution in [2.45, 2.75) is 26.8 Å². The van der Waals surface area contributed by atoms with E-state index in [0.29, 0.717) is 11.2 Å². The summed E-state index contributed by atoms with van der Waals surface area (Å²) < 4.78 is 3.41. The first kappa shape index (κ1) is 15.7. The van der Waals surface area contributed by atoms with E-state index in [-0.39, 0.29) is 11.9 Å². The largest absolute Gasteiger partial charge is 0.344 e. The lowest BCUT2D eigenvalue weighted by molar-refractivity contribution is 0.0940. The van der Waals surface area contributed by atoms with E-state index in [1.54, 1.807) is 20.8 Å². The molecule has 0 radical (unpaired) electrons. The zero-order valence-electron chi connectivity index (χ0n) is 14.3. The number of amides is 1. The number of carbonyl (C=O) groups is 1. The summed E-state index contributed by atoms with van der Waals surface area (Å²) in [7, 11) is 1.83. The summed E-state index contributed by atoms with van der Waals surface area (Å²) in [6.07, 6.45) is 1.83. The first-order chi connectivity index (χ1) is 11.9. The van der Waals surface area contributed by atoms with Crippen LogP contribution in [0.3, 0.4) is 0 Å². The smallest absolute Gasteiger partial charge is 0.252 e. The fourth-order valence-corrected chi connectivity index (χ4v) is 3.57. The first-order valence-corrected chi connectivity index (χ1v) is 8.72. The molecule has 0 aliphatic carbocycles. The summed E-state index contributed by atoms with van der Waals surface area (Å²) in [6, 6.07) is 1.56. The van der Waals surface area contributed by atoms with Crippen molar-refractivity contribution < 1.29 is 4.79 Å². The van der Waals surface area contributed by atoms with Crippen LogP contribution >= 0.6 is 11.3 Å². The number of nitrogens with zero attached hydrogens (tertiary/aromatic N) is 6. The first-order valence-electron chi connectivity index (χ1n) is 7.84. The predicted octanol–water partition coefficient (Wildman–Crippen LogP) is 2.18. The van der Waals surface area contributed by atoms with Crippen molar-refractivity contribution in [3.05, 3.63) is 40.4 Å². The van der Waals surface area contributed by atoms with E-state index in [1.807, 2.05) is 34.0 Å². The van der Waals surface area contributed by atoms with Crippen molar-refractivity contribution in [2.24, 2.45) is 7.05 Å². The van der Waals surface area contributed by atoms with Crippen LogP contribution in [0.1, 0.15) is 40.4 Å². The lowest BCUT2D eigenvalue weighted by Gasteiger charge is -2.12. The van der Waals surface area contributed by atoms with Gasteiger partial charge in [0.15, 0.2) is 5.65 Å². The second kappa shape index (κ2) is 5.62. The number of fused-ring (bicyclic) bond motifs is 2. The van der Waals surface area contributed by atoms with Gasteiger partial charge >= 0.3 is 0 Å². The van der Waals surface area contributed by atoms with Gasteiger partial charge in [0.05, 0.1) is 34.6 Å². The van der Waals surface area contributed by atoms with Crippen LogP contribution in [-0.4, -0.2) is 35.3 Å². The average Bonchev–Trinajstić information content (AvgIpc) is 3.21. The van der Waals surface area contributed by atoms with Crippen molar-refractivity contribution in [1.82, 2.24) is 34.7 Å². The zero-order valence-corrected chi connectivity index (χ0v) is 15.1. The summed E-state index contributed by atoms with van der Waals surface area (Å²) in [6.45, 7) is 5.66. The number of aryl methyl sites for hydroxylation is 3. The van der Waals surface area contributed by atoms with Gasteiger partial charge in [-0.05, 0) is 26.8 Å². The lowest BCUT2D eigenvalue weighted by Crippen LogP contribution is -2.27. The fourth-order valence-electron chi connectivity index (χ4n) is 2.96. The Morgan fingerprint density at radius 1 is 1.32 bits per heavy atom. The number of hydrogen-bond donors (Lipinski definition) is 1. The highest BCUT2D eigenvalue weighted by Crippen LogP contribution is 2.23. The number of hydrogen-bond acceptors (Lipinski definition) is 6. The Balaban J connectivity index is 1.69. The number of nitrogens with one attached hydrogen (secondary N) is 1.